The van der Waals surface area contributed by atoms with Gasteiger partial charge in [0.05, 0.1) is 11.9 Å². The smallest absolute Gasteiger partial charge is 0.243 e. The van der Waals surface area contributed by atoms with Crippen LogP contribution >= 0.6 is 11.6 Å². The molecule has 0 aliphatic carbocycles. The molecule has 226 valence electrons. The largest absolute Gasteiger partial charge is 0.352 e. The van der Waals surface area contributed by atoms with Crippen LogP contribution in [0.3, 0.4) is 0 Å². The normalized spacial score (nSPS) is 12.8. The van der Waals surface area contributed by atoms with Gasteiger partial charge in [-0.1, -0.05) is 73.1 Å². The lowest BCUT2D eigenvalue weighted by Gasteiger charge is -2.33. The first kappa shape index (κ1) is 33.1. The number of nitrogens with one attached hydrogen (secondary N) is 1. The van der Waals surface area contributed by atoms with E-state index < -0.39 is 21.9 Å². The minimum absolute atomic E-state index is 0.0295. The molecule has 3 rings (SSSR count). The van der Waals surface area contributed by atoms with Crippen LogP contribution in [0.15, 0.2) is 72.8 Å². The van der Waals surface area contributed by atoms with Crippen LogP contribution in [0.4, 0.5) is 10.1 Å². The van der Waals surface area contributed by atoms with E-state index >= 15 is 0 Å². The first-order valence-electron chi connectivity index (χ1n) is 14.0. The van der Waals surface area contributed by atoms with Crippen molar-refractivity contribution < 1.29 is 22.4 Å². The van der Waals surface area contributed by atoms with Crippen LogP contribution in [0, 0.1) is 12.7 Å². The van der Waals surface area contributed by atoms with Crippen molar-refractivity contribution in [2.24, 2.45) is 0 Å². The number of carbonyl (C=O) groups is 2. The van der Waals surface area contributed by atoms with Gasteiger partial charge >= 0.3 is 0 Å². The number of sulfonamides is 1. The highest BCUT2D eigenvalue weighted by Gasteiger charge is 2.31. The quantitative estimate of drug-likeness (QED) is 0.245. The summed E-state index contributed by atoms with van der Waals surface area (Å²) >= 11 is 6.15. The third kappa shape index (κ3) is 9.29. The SMILES string of the molecule is CC[C@@H](C)NC(=O)[C@@H](Cc1ccccc1)N(Cc1ccccc1F)C(=O)CCCN(c1cc(Cl)ccc1C)S(C)(=O)=O. The van der Waals surface area contributed by atoms with E-state index in [1.807, 2.05) is 44.2 Å². The fourth-order valence-electron chi connectivity index (χ4n) is 4.64. The maximum absolute atomic E-state index is 14.8. The number of hydrogen-bond acceptors (Lipinski definition) is 4. The molecule has 0 aliphatic heterocycles. The zero-order valence-corrected chi connectivity index (χ0v) is 26.1. The summed E-state index contributed by atoms with van der Waals surface area (Å²) in [7, 11) is -3.68. The number of nitrogens with zero attached hydrogens (tertiary/aromatic N) is 2. The molecule has 10 heteroatoms. The number of rotatable bonds is 14. The fourth-order valence-corrected chi connectivity index (χ4v) is 5.82. The van der Waals surface area contributed by atoms with Crippen LogP contribution in [0.1, 0.15) is 49.8 Å². The van der Waals surface area contributed by atoms with Crippen molar-refractivity contribution >= 4 is 39.1 Å². The molecular formula is C32H39ClFN3O4S. The number of carbonyl (C=O) groups excluding carboxylic acids is 2. The van der Waals surface area contributed by atoms with Crippen molar-refractivity contribution in [3.8, 4) is 0 Å². The Morgan fingerprint density at radius 2 is 1.69 bits per heavy atom. The van der Waals surface area contributed by atoms with Gasteiger partial charge in [-0.25, -0.2) is 12.8 Å². The number of benzene rings is 3. The van der Waals surface area contributed by atoms with Crippen molar-refractivity contribution in [1.29, 1.82) is 0 Å². The predicted molar refractivity (Wildman–Crippen MR) is 166 cm³/mol. The van der Waals surface area contributed by atoms with E-state index in [2.05, 4.69) is 5.32 Å². The van der Waals surface area contributed by atoms with E-state index in [0.29, 0.717) is 17.1 Å². The molecule has 0 bridgehead atoms. The van der Waals surface area contributed by atoms with Crippen molar-refractivity contribution in [2.75, 3.05) is 17.1 Å². The molecule has 0 aromatic heterocycles. The van der Waals surface area contributed by atoms with Gasteiger partial charge in [0.2, 0.25) is 21.8 Å². The second kappa shape index (κ2) is 15.2. The average Bonchev–Trinajstić information content (AvgIpc) is 2.95. The highest BCUT2D eigenvalue weighted by molar-refractivity contribution is 7.92. The summed E-state index contributed by atoms with van der Waals surface area (Å²) < 4.78 is 41.4. The Balaban J connectivity index is 1.92. The average molecular weight is 616 g/mol. The predicted octanol–water partition coefficient (Wildman–Crippen LogP) is 5.89. The lowest BCUT2D eigenvalue weighted by Crippen LogP contribution is -2.52. The van der Waals surface area contributed by atoms with Crippen LogP contribution in [-0.2, 0) is 32.6 Å². The zero-order valence-electron chi connectivity index (χ0n) is 24.5. The molecule has 1 N–H and O–H groups in total. The molecule has 42 heavy (non-hydrogen) atoms. The summed E-state index contributed by atoms with van der Waals surface area (Å²) in [5.41, 5.74) is 2.30. The van der Waals surface area contributed by atoms with Crippen LogP contribution in [0.2, 0.25) is 5.02 Å². The molecule has 3 aromatic rings. The van der Waals surface area contributed by atoms with Crippen LogP contribution in [-0.4, -0.2) is 50.0 Å². The summed E-state index contributed by atoms with van der Waals surface area (Å²) in [4.78, 5) is 28.9. The molecule has 2 atom stereocenters. The van der Waals surface area contributed by atoms with Crippen molar-refractivity contribution in [3.05, 3.63) is 100 Å². The van der Waals surface area contributed by atoms with Gasteiger partial charge in [-0.2, -0.15) is 0 Å². The standard InChI is InChI=1S/C32H39ClFN3O4S/c1-5-24(3)35-32(39)30(20-25-12-7-6-8-13-25)36(22-26-14-9-10-15-28(26)34)31(38)16-11-19-37(42(4,40)41)29-21-27(33)18-17-23(29)2/h6-10,12-15,17-18,21,24,30H,5,11,16,19-20,22H2,1-4H3,(H,35,39)/t24-,30-/m1/s1. The summed E-state index contributed by atoms with van der Waals surface area (Å²) in [5.74, 6) is -1.18. The van der Waals surface area contributed by atoms with Gasteiger partial charge in [0.1, 0.15) is 11.9 Å². The Bertz CT molecular complexity index is 1470. The van der Waals surface area contributed by atoms with E-state index in [1.54, 1.807) is 43.3 Å². The molecule has 2 amide bonds. The molecule has 0 unspecified atom stereocenters. The second-order valence-corrected chi connectivity index (χ2v) is 12.8. The maximum atomic E-state index is 14.8. The van der Waals surface area contributed by atoms with Gasteiger partial charge in [-0.3, -0.25) is 13.9 Å². The number of anilines is 1. The minimum atomic E-state index is -3.68. The third-order valence-electron chi connectivity index (χ3n) is 7.16. The third-order valence-corrected chi connectivity index (χ3v) is 8.58. The first-order chi connectivity index (χ1) is 19.9. The fraction of sp³-hybridized carbons (Fsp3) is 0.375. The maximum Gasteiger partial charge on any atom is 0.243 e. The van der Waals surface area contributed by atoms with E-state index in [0.717, 1.165) is 17.4 Å². The molecule has 0 spiro atoms. The van der Waals surface area contributed by atoms with Crippen molar-refractivity contribution in [3.63, 3.8) is 0 Å². The van der Waals surface area contributed by atoms with Crippen molar-refractivity contribution in [1.82, 2.24) is 10.2 Å². The Morgan fingerprint density at radius 1 is 1.02 bits per heavy atom. The van der Waals surface area contributed by atoms with E-state index in [-0.39, 0.29) is 55.8 Å². The Morgan fingerprint density at radius 3 is 2.33 bits per heavy atom. The summed E-state index contributed by atoms with van der Waals surface area (Å²) in [6, 6.07) is 19.5. The van der Waals surface area contributed by atoms with Gasteiger partial charge in [-0.15, -0.1) is 0 Å². The molecule has 0 saturated heterocycles. The monoisotopic (exact) mass is 615 g/mol. The highest BCUT2D eigenvalue weighted by atomic mass is 35.5. The van der Waals surface area contributed by atoms with Gasteiger partial charge < -0.3 is 10.2 Å². The first-order valence-corrected chi connectivity index (χ1v) is 16.2. The molecule has 3 aromatic carbocycles. The van der Waals surface area contributed by atoms with E-state index in [9.17, 15) is 22.4 Å². The highest BCUT2D eigenvalue weighted by Crippen LogP contribution is 2.27. The number of aryl methyl sites for hydroxylation is 1. The van der Waals surface area contributed by atoms with Gasteiger partial charge in [0.15, 0.2) is 0 Å². The summed E-state index contributed by atoms with van der Waals surface area (Å²) in [6.45, 7) is 5.55. The summed E-state index contributed by atoms with van der Waals surface area (Å²) in [5, 5.41) is 3.38. The van der Waals surface area contributed by atoms with Gasteiger partial charge in [0, 0.05) is 42.6 Å². The van der Waals surface area contributed by atoms with Crippen LogP contribution in [0.5, 0.6) is 0 Å². The topological polar surface area (TPSA) is 86.8 Å². The zero-order chi connectivity index (χ0) is 30.9. The van der Waals surface area contributed by atoms with Gasteiger partial charge in [-0.05, 0) is 56.0 Å². The van der Waals surface area contributed by atoms with Crippen molar-refractivity contribution in [2.45, 2.75) is 65.1 Å². The van der Waals surface area contributed by atoms with E-state index in [4.69, 9.17) is 11.6 Å². The summed E-state index contributed by atoms with van der Waals surface area (Å²) in [6.07, 6.45) is 2.17. The number of hydrogen-bond donors (Lipinski definition) is 1. The van der Waals surface area contributed by atoms with Crippen LogP contribution in [0.25, 0.3) is 0 Å². The van der Waals surface area contributed by atoms with Gasteiger partial charge in [0.25, 0.3) is 0 Å². The molecule has 0 heterocycles. The lowest BCUT2D eigenvalue weighted by molar-refractivity contribution is -0.141. The molecule has 0 fully saturated rings. The van der Waals surface area contributed by atoms with Crippen LogP contribution < -0.4 is 9.62 Å². The molecule has 0 saturated carbocycles. The number of amides is 2. The lowest BCUT2D eigenvalue weighted by atomic mass is 10.0. The molecular weight excluding hydrogens is 577 g/mol. The Labute approximate surface area is 253 Å². The number of halogens is 2. The molecule has 7 nitrogen and oxygen atoms in total. The van der Waals surface area contributed by atoms with E-state index in [1.165, 1.54) is 15.3 Å². The molecule has 0 aliphatic rings. The second-order valence-electron chi connectivity index (χ2n) is 10.5. The molecule has 0 radical (unpaired) electrons. The Kier molecular flexibility index (Phi) is 11.9. The minimum Gasteiger partial charge on any atom is -0.352 e. The Hall–Kier alpha value is -3.43.